The molecule has 2 aliphatic rings. The maximum Gasteiger partial charge on any atom is 0.119 e. The van der Waals surface area contributed by atoms with E-state index in [4.69, 9.17) is 4.74 Å². The molecule has 1 heterocycles. The van der Waals surface area contributed by atoms with Gasteiger partial charge in [0, 0.05) is 12.5 Å². The predicted octanol–water partition coefficient (Wildman–Crippen LogP) is 5.51. The molecule has 2 nitrogen and oxygen atoms in total. The normalized spacial score (nSPS) is 21.2. The molecule has 0 aromatic heterocycles. The van der Waals surface area contributed by atoms with Gasteiger partial charge in [0.05, 0.1) is 7.11 Å². The van der Waals surface area contributed by atoms with Crippen molar-refractivity contribution in [2.75, 3.05) is 26.7 Å². The van der Waals surface area contributed by atoms with Gasteiger partial charge in [-0.25, -0.2) is 0 Å². The second-order valence-electron chi connectivity index (χ2n) is 7.59. The van der Waals surface area contributed by atoms with Gasteiger partial charge in [-0.15, -0.1) is 0 Å². The standard InChI is InChI=1S/C24H29NO/c1-26-22-13-7-11-20(17-22)24-21(18-25-15-5-6-16-25)12-8-14-23(24)19-9-3-2-4-10-19/h2-4,7,9-11,13,17,23H,5-6,8,12,14-16,18H2,1H3. The summed E-state index contributed by atoms with van der Waals surface area (Å²) in [6, 6.07) is 19.7. The highest BCUT2D eigenvalue weighted by Gasteiger charge is 2.27. The van der Waals surface area contributed by atoms with Gasteiger partial charge in [0.2, 0.25) is 0 Å². The Morgan fingerprint density at radius 3 is 2.54 bits per heavy atom. The van der Waals surface area contributed by atoms with Crippen LogP contribution in [0.4, 0.5) is 0 Å². The van der Waals surface area contributed by atoms with Gasteiger partial charge in [-0.1, -0.05) is 48.0 Å². The number of rotatable bonds is 5. The Labute approximate surface area is 157 Å². The predicted molar refractivity (Wildman–Crippen MR) is 109 cm³/mol. The number of hydrogen-bond acceptors (Lipinski definition) is 2. The van der Waals surface area contributed by atoms with E-state index in [2.05, 4.69) is 53.4 Å². The summed E-state index contributed by atoms with van der Waals surface area (Å²) in [6.07, 6.45) is 6.45. The fourth-order valence-electron chi connectivity index (χ4n) is 4.63. The molecule has 1 aliphatic heterocycles. The van der Waals surface area contributed by atoms with Crippen LogP contribution in [0.2, 0.25) is 0 Å². The van der Waals surface area contributed by atoms with E-state index in [1.54, 1.807) is 18.3 Å². The van der Waals surface area contributed by atoms with Gasteiger partial charge in [0.1, 0.15) is 5.75 Å². The van der Waals surface area contributed by atoms with E-state index in [0.717, 1.165) is 12.3 Å². The van der Waals surface area contributed by atoms with E-state index in [1.807, 2.05) is 6.07 Å². The van der Waals surface area contributed by atoms with E-state index in [1.165, 1.54) is 56.3 Å². The van der Waals surface area contributed by atoms with Gasteiger partial charge in [-0.2, -0.15) is 0 Å². The van der Waals surface area contributed by atoms with Crippen molar-refractivity contribution in [1.82, 2.24) is 4.90 Å². The first kappa shape index (κ1) is 17.4. The van der Waals surface area contributed by atoms with E-state index >= 15 is 0 Å². The number of nitrogens with zero attached hydrogens (tertiary/aromatic N) is 1. The second kappa shape index (κ2) is 8.09. The third-order valence-corrected chi connectivity index (χ3v) is 5.90. The topological polar surface area (TPSA) is 12.5 Å². The van der Waals surface area contributed by atoms with Crippen molar-refractivity contribution in [1.29, 1.82) is 0 Å². The minimum absolute atomic E-state index is 0.495. The summed E-state index contributed by atoms with van der Waals surface area (Å²) >= 11 is 0. The molecule has 1 unspecified atom stereocenters. The Morgan fingerprint density at radius 2 is 1.77 bits per heavy atom. The highest BCUT2D eigenvalue weighted by atomic mass is 16.5. The van der Waals surface area contributed by atoms with Crippen LogP contribution in [0, 0.1) is 0 Å². The van der Waals surface area contributed by atoms with Crippen LogP contribution in [0.3, 0.4) is 0 Å². The minimum Gasteiger partial charge on any atom is -0.497 e. The maximum absolute atomic E-state index is 5.52. The molecule has 2 aromatic rings. The van der Waals surface area contributed by atoms with E-state index in [-0.39, 0.29) is 0 Å². The van der Waals surface area contributed by atoms with Crippen molar-refractivity contribution < 1.29 is 4.74 Å². The van der Waals surface area contributed by atoms with Crippen LogP contribution in [-0.2, 0) is 0 Å². The van der Waals surface area contributed by atoms with Crippen molar-refractivity contribution in [3.05, 3.63) is 71.3 Å². The van der Waals surface area contributed by atoms with Crippen LogP contribution in [0.25, 0.3) is 5.57 Å². The Hall–Kier alpha value is -2.06. The van der Waals surface area contributed by atoms with Gasteiger partial charge >= 0.3 is 0 Å². The van der Waals surface area contributed by atoms with Crippen molar-refractivity contribution in [3.63, 3.8) is 0 Å². The van der Waals surface area contributed by atoms with E-state index in [9.17, 15) is 0 Å². The molecule has 0 saturated carbocycles. The van der Waals surface area contributed by atoms with Crippen LogP contribution in [-0.4, -0.2) is 31.6 Å². The number of hydrogen-bond donors (Lipinski definition) is 0. The Morgan fingerprint density at radius 1 is 0.962 bits per heavy atom. The molecule has 2 aromatic carbocycles. The molecule has 1 fully saturated rings. The molecule has 2 heteroatoms. The van der Waals surface area contributed by atoms with E-state index in [0.29, 0.717) is 5.92 Å². The molecule has 26 heavy (non-hydrogen) atoms. The zero-order chi connectivity index (χ0) is 17.8. The van der Waals surface area contributed by atoms with Crippen LogP contribution in [0.1, 0.15) is 49.1 Å². The first-order valence-corrected chi connectivity index (χ1v) is 9.99. The third kappa shape index (κ3) is 3.71. The van der Waals surface area contributed by atoms with Crippen molar-refractivity contribution in [3.8, 4) is 5.75 Å². The molecule has 1 saturated heterocycles. The highest BCUT2D eigenvalue weighted by molar-refractivity contribution is 5.76. The lowest BCUT2D eigenvalue weighted by atomic mass is 9.75. The average molecular weight is 348 g/mol. The first-order valence-electron chi connectivity index (χ1n) is 9.99. The molecule has 0 amide bonds. The summed E-state index contributed by atoms with van der Waals surface area (Å²) in [5.74, 6) is 1.45. The van der Waals surface area contributed by atoms with E-state index < -0.39 is 0 Å². The number of methoxy groups -OCH3 is 1. The lowest BCUT2D eigenvalue weighted by Gasteiger charge is -2.32. The molecule has 4 rings (SSSR count). The lowest BCUT2D eigenvalue weighted by Crippen LogP contribution is -2.25. The number of ether oxygens (including phenoxy) is 1. The Kier molecular flexibility index (Phi) is 5.40. The molecule has 1 atom stereocenters. The number of likely N-dealkylation sites (tertiary alicyclic amines) is 1. The molecular formula is C24H29NO. The molecule has 0 N–H and O–H groups in total. The zero-order valence-corrected chi connectivity index (χ0v) is 15.8. The average Bonchev–Trinajstić information content (AvgIpc) is 3.21. The van der Waals surface area contributed by atoms with Gasteiger partial charge in [-0.05, 0) is 74.0 Å². The molecule has 136 valence electrons. The fraction of sp³-hybridized carbons (Fsp3) is 0.417. The van der Waals surface area contributed by atoms with Gasteiger partial charge in [0.15, 0.2) is 0 Å². The van der Waals surface area contributed by atoms with Crippen LogP contribution in [0.5, 0.6) is 5.75 Å². The molecule has 1 aliphatic carbocycles. The quantitative estimate of drug-likeness (QED) is 0.707. The Bertz CT molecular complexity index is 759. The molecular weight excluding hydrogens is 318 g/mol. The molecule has 0 spiro atoms. The SMILES string of the molecule is COc1cccc(C2=C(CN3CCCC3)CCCC2c2ccccc2)c1. The third-order valence-electron chi connectivity index (χ3n) is 5.90. The fourth-order valence-corrected chi connectivity index (χ4v) is 4.63. The Balaban J connectivity index is 1.77. The van der Waals surface area contributed by atoms with Gasteiger partial charge in [-0.3, -0.25) is 4.90 Å². The molecule has 0 bridgehead atoms. The second-order valence-corrected chi connectivity index (χ2v) is 7.59. The smallest absolute Gasteiger partial charge is 0.119 e. The summed E-state index contributed by atoms with van der Waals surface area (Å²) in [7, 11) is 1.76. The summed E-state index contributed by atoms with van der Waals surface area (Å²) < 4.78 is 5.52. The van der Waals surface area contributed by atoms with Crippen LogP contribution < -0.4 is 4.74 Å². The van der Waals surface area contributed by atoms with Gasteiger partial charge in [0.25, 0.3) is 0 Å². The highest BCUT2D eigenvalue weighted by Crippen LogP contribution is 2.44. The summed E-state index contributed by atoms with van der Waals surface area (Å²) in [5.41, 5.74) is 5.98. The first-order chi connectivity index (χ1) is 12.8. The van der Waals surface area contributed by atoms with Crippen molar-refractivity contribution in [2.45, 2.75) is 38.0 Å². The zero-order valence-electron chi connectivity index (χ0n) is 15.8. The van der Waals surface area contributed by atoms with Gasteiger partial charge < -0.3 is 4.74 Å². The summed E-state index contributed by atoms with van der Waals surface area (Å²) in [5, 5.41) is 0. The molecule has 0 radical (unpaired) electrons. The summed E-state index contributed by atoms with van der Waals surface area (Å²) in [4.78, 5) is 2.64. The van der Waals surface area contributed by atoms with Crippen molar-refractivity contribution in [2.24, 2.45) is 0 Å². The van der Waals surface area contributed by atoms with Crippen LogP contribution in [0.15, 0.2) is 60.2 Å². The van der Waals surface area contributed by atoms with Crippen LogP contribution >= 0.6 is 0 Å². The largest absolute Gasteiger partial charge is 0.497 e. The number of allylic oxidation sites excluding steroid dienone is 1. The number of benzene rings is 2. The lowest BCUT2D eigenvalue weighted by molar-refractivity contribution is 0.361. The monoisotopic (exact) mass is 347 g/mol. The van der Waals surface area contributed by atoms with Crippen molar-refractivity contribution >= 4 is 5.57 Å². The minimum atomic E-state index is 0.495. The maximum atomic E-state index is 5.52. The summed E-state index contributed by atoms with van der Waals surface area (Å²) in [6.45, 7) is 3.64.